The summed E-state index contributed by atoms with van der Waals surface area (Å²) in [6.07, 6.45) is 7.29. The molecule has 54 heavy (non-hydrogen) atoms. The van der Waals surface area contributed by atoms with Gasteiger partial charge >= 0.3 is 17.9 Å². The van der Waals surface area contributed by atoms with Gasteiger partial charge in [-0.3, -0.25) is 19.2 Å². The van der Waals surface area contributed by atoms with Crippen molar-refractivity contribution >= 4 is 23.7 Å². The van der Waals surface area contributed by atoms with Gasteiger partial charge in [0, 0.05) is 37.3 Å². The topological polar surface area (TPSA) is 119 Å². The van der Waals surface area contributed by atoms with Crippen molar-refractivity contribution in [2.24, 2.45) is 56.2 Å². The van der Waals surface area contributed by atoms with Crippen LogP contribution < -0.4 is 5.32 Å². The average Bonchev–Trinajstić information content (AvgIpc) is 3.39. The summed E-state index contributed by atoms with van der Waals surface area (Å²) in [5.41, 5.74) is 1.55. The number of fused-ring (bicyclic) bond motifs is 7. The van der Waals surface area contributed by atoms with E-state index in [0.717, 1.165) is 56.9 Å². The third-order valence-corrected chi connectivity index (χ3v) is 16.3. The SMILES string of the molecule is CC(=O)O[C@H](CNCc1ccccc1)[C@@]12CC[C@]3(C)[C@H](CC[C@@H]4[C@@]5(C)CC[C@H](OC(=O)CC(C)(C)C(=O)O)C(C)(C)C5CC[C@]43C)C1=C(C(C)C)C(=O)C2. The molecule has 0 saturated heterocycles. The lowest BCUT2D eigenvalue weighted by Crippen LogP contribution is -2.66. The van der Waals surface area contributed by atoms with E-state index in [1.54, 1.807) is 13.8 Å². The summed E-state index contributed by atoms with van der Waals surface area (Å²) in [5, 5.41) is 13.2. The number of carboxylic acids is 1. The van der Waals surface area contributed by atoms with Crippen molar-refractivity contribution in [2.45, 2.75) is 152 Å². The van der Waals surface area contributed by atoms with Crippen LogP contribution in [0.5, 0.6) is 0 Å². The number of rotatable bonds is 11. The van der Waals surface area contributed by atoms with Crippen molar-refractivity contribution in [2.75, 3.05) is 6.54 Å². The highest BCUT2D eigenvalue weighted by atomic mass is 16.5. The summed E-state index contributed by atoms with van der Waals surface area (Å²) in [6, 6.07) is 10.3. The number of benzene rings is 1. The Bertz CT molecular complexity index is 1680. The zero-order valence-electron chi connectivity index (χ0n) is 34.7. The monoisotopic (exact) mass is 745 g/mol. The van der Waals surface area contributed by atoms with Gasteiger partial charge in [0.05, 0.1) is 11.8 Å². The second-order valence-corrected chi connectivity index (χ2v) is 20.3. The number of carboxylic acid groups (broad SMARTS) is 1. The number of hydrogen-bond acceptors (Lipinski definition) is 7. The number of esters is 2. The van der Waals surface area contributed by atoms with E-state index in [2.05, 4.69) is 65.9 Å². The molecule has 4 fully saturated rings. The van der Waals surface area contributed by atoms with Crippen LogP contribution in [0.25, 0.3) is 0 Å². The zero-order chi connectivity index (χ0) is 39.6. The normalized spacial score (nSPS) is 36.4. The Morgan fingerprint density at radius 2 is 1.59 bits per heavy atom. The van der Waals surface area contributed by atoms with Gasteiger partial charge in [0.2, 0.25) is 0 Å². The van der Waals surface area contributed by atoms with Gasteiger partial charge in [0.25, 0.3) is 0 Å². The minimum atomic E-state index is -1.17. The summed E-state index contributed by atoms with van der Waals surface area (Å²) < 4.78 is 12.5. The van der Waals surface area contributed by atoms with E-state index in [0.29, 0.717) is 31.3 Å². The molecule has 0 radical (unpaired) electrons. The zero-order valence-corrected chi connectivity index (χ0v) is 34.7. The quantitative estimate of drug-likeness (QED) is 0.216. The Morgan fingerprint density at radius 1 is 0.907 bits per heavy atom. The van der Waals surface area contributed by atoms with Gasteiger partial charge in [-0.2, -0.15) is 0 Å². The van der Waals surface area contributed by atoms with Crippen molar-refractivity contribution in [1.29, 1.82) is 0 Å². The molecule has 8 heteroatoms. The molecular formula is C46H67NO7. The Balaban J connectivity index is 1.30. The van der Waals surface area contributed by atoms with E-state index < -0.39 is 28.9 Å². The van der Waals surface area contributed by atoms with Crippen LogP contribution in [0.15, 0.2) is 41.5 Å². The first-order valence-electron chi connectivity index (χ1n) is 20.8. The maximum Gasteiger partial charge on any atom is 0.309 e. The molecule has 1 aromatic carbocycles. The first-order chi connectivity index (χ1) is 25.1. The Morgan fingerprint density at radius 3 is 2.22 bits per heavy atom. The molecule has 5 aliphatic carbocycles. The van der Waals surface area contributed by atoms with Crippen LogP contribution in [0, 0.1) is 56.2 Å². The van der Waals surface area contributed by atoms with Crippen molar-refractivity contribution < 1.29 is 33.8 Å². The number of nitrogens with one attached hydrogen (secondary N) is 1. The van der Waals surface area contributed by atoms with E-state index in [1.807, 2.05) is 18.2 Å². The van der Waals surface area contributed by atoms with Crippen molar-refractivity contribution in [3.05, 3.63) is 47.0 Å². The lowest BCUT2D eigenvalue weighted by Gasteiger charge is -2.72. The molecular weight excluding hydrogens is 679 g/mol. The van der Waals surface area contributed by atoms with Crippen molar-refractivity contribution in [3.8, 4) is 0 Å². The standard InChI is InChI=1S/C46H67NO7/c1-28(2)38-32(49)24-46(36(53-29(3)48)27-47-26-30-14-12-11-13-15-30)23-22-44(9)31(39(38)46)16-17-34-43(8)20-19-35(54-37(50)25-41(4,5)40(51)52)42(6,7)33(43)18-21-45(34,44)10/h11-15,28,31,33-36,47H,16-27H2,1-10H3,(H,51,52)/t31-,33?,34-,35+,36-,43+,44-,45-,46+/m1/s1. The van der Waals surface area contributed by atoms with Gasteiger partial charge in [0.1, 0.15) is 12.2 Å². The lowest BCUT2D eigenvalue weighted by molar-refractivity contribution is -0.235. The van der Waals surface area contributed by atoms with Crippen LogP contribution in [-0.4, -0.2) is 47.6 Å². The predicted molar refractivity (Wildman–Crippen MR) is 209 cm³/mol. The molecule has 1 aromatic rings. The fourth-order valence-electron chi connectivity index (χ4n) is 13.4. The molecule has 4 saturated carbocycles. The summed E-state index contributed by atoms with van der Waals surface area (Å²) in [7, 11) is 0. The van der Waals surface area contributed by atoms with Crippen LogP contribution in [0.2, 0.25) is 0 Å². The number of carbonyl (C=O) groups is 4. The van der Waals surface area contributed by atoms with E-state index in [-0.39, 0.29) is 57.8 Å². The number of aliphatic carboxylic acids is 1. The molecule has 0 spiro atoms. The van der Waals surface area contributed by atoms with Crippen LogP contribution in [-0.2, 0) is 35.2 Å². The molecule has 8 nitrogen and oxygen atoms in total. The second-order valence-electron chi connectivity index (χ2n) is 20.3. The number of Topliss-reactive ketones (excluding diaryl/α,β-unsaturated/α-hetero) is 1. The van der Waals surface area contributed by atoms with Gasteiger partial charge in [-0.15, -0.1) is 0 Å². The minimum absolute atomic E-state index is 0.0294. The van der Waals surface area contributed by atoms with Crippen LogP contribution in [0.3, 0.4) is 0 Å². The highest BCUT2D eigenvalue weighted by molar-refractivity contribution is 6.01. The highest BCUT2D eigenvalue weighted by Gasteiger charge is 2.71. The maximum atomic E-state index is 14.3. The molecule has 298 valence electrons. The van der Waals surface area contributed by atoms with E-state index in [4.69, 9.17) is 9.47 Å². The molecule has 0 aromatic heterocycles. The summed E-state index contributed by atoms with van der Waals surface area (Å²) in [4.78, 5) is 51.9. The van der Waals surface area contributed by atoms with Gasteiger partial charge in [-0.1, -0.05) is 78.8 Å². The Hall–Kier alpha value is -3.00. The summed E-state index contributed by atoms with van der Waals surface area (Å²) in [6.45, 7) is 22.3. The number of ether oxygens (including phenoxy) is 2. The lowest BCUT2D eigenvalue weighted by atomic mass is 9.33. The first-order valence-corrected chi connectivity index (χ1v) is 20.8. The summed E-state index contributed by atoms with van der Waals surface area (Å²) >= 11 is 0. The smallest absolute Gasteiger partial charge is 0.309 e. The van der Waals surface area contributed by atoms with Crippen LogP contribution in [0.1, 0.15) is 139 Å². The fourth-order valence-corrected chi connectivity index (χ4v) is 13.4. The molecule has 0 aliphatic heterocycles. The molecule has 0 amide bonds. The molecule has 6 rings (SSSR count). The summed E-state index contributed by atoms with van der Waals surface area (Å²) in [5.74, 6) is -0.350. The molecule has 0 bridgehead atoms. The Kier molecular flexibility index (Phi) is 10.7. The molecule has 5 aliphatic rings. The molecule has 9 atom stereocenters. The third-order valence-electron chi connectivity index (χ3n) is 16.3. The van der Waals surface area contributed by atoms with Gasteiger partial charge in [-0.05, 0) is 122 Å². The number of hydrogen-bond donors (Lipinski definition) is 2. The fraction of sp³-hybridized carbons (Fsp3) is 0.739. The largest absolute Gasteiger partial charge is 0.481 e. The second kappa shape index (κ2) is 14.2. The maximum absolute atomic E-state index is 14.3. The molecule has 0 heterocycles. The van der Waals surface area contributed by atoms with Gasteiger partial charge < -0.3 is 19.9 Å². The predicted octanol–water partition coefficient (Wildman–Crippen LogP) is 9.10. The molecule has 1 unspecified atom stereocenters. The van der Waals surface area contributed by atoms with Crippen LogP contribution in [0.4, 0.5) is 0 Å². The van der Waals surface area contributed by atoms with Crippen molar-refractivity contribution in [3.63, 3.8) is 0 Å². The Labute approximate surface area is 324 Å². The highest BCUT2D eigenvalue weighted by Crippen LogP contribution is 2.77. The number of ketones is 1. The average molecular weight is 746 g/mol. The van der Waals surface area contributed by atoms with E-state index in [9.17, 15) is 24.3 Å². The van der Waals surface area contributed by atoms with E-state index in [1.165, 1.54) is 18.1 Å². The molecule has 2 N–H and O–H groups in total. The van der Waals surface area contributed by atoms with Gasteiger partial charge in [-0.25, -0.2) is 0 Å². The van der Waals surface area contributed by atoms with E-state index >= 15 is 0 Å². The number of carbonyl (C=O) groups excluding carboxylic acids is 3. The first kappa shape index (κ1) is 40.7. The third kappa shape index (κ3) is 6.48. The van der Waals surface area contributed by atoms with Crippen molar-refractivity contribution in [1.82, 2.24) is 5.32 Å². The van der Waals surface area contributed by atoms with Crippen LogP contribution >= 0.6 is 0 Å². The van der Waals surface area contributed by atoms with Gasteiger partial charge in [0.15, 0.2) is 5.78 Å². The number of allylic oxidation sites excluding steroid dienone is 1. The minimum Gasteiger partial charge on any atom is -0.481 e.